The van der Waals surface area contributed by atoms with Gasteiger partial charge in [-0.1, -0.05) is 12.1 Å². The number of fused-ring (bicyclic) bond motifs is 1. The molecule has 3 rings (SSSR count). The van der Waals surface area contributed by atoms with E-state index in [-0.39, 0.29) is 6.03 Å². The molecule has 1 aliphatic rings. The maximum atomic E-state index is 11.9. The van der Waals surface area contributed by atoms with Crippen molar-refractivity contribution in [1.82, 2.24) is 10.3 Å². The van der Waals surface area contributed by atoms with E-state index in [1.54, 1.807) is 13.2 Å². The van der Waals surface area contributed by atoms with Crippen LogP contribution in [0, 0.1) is 0 Å². The summed E-state index contributed by atoms with van der Waals surface area (Å²) in [6.07, 6.45) is 2.93. The zero-order valence-corrected chi connectivity index (χ0v) is 13.8. The van der Waals surface area contributed by atoms with E-state index in [0.717, 1.165) is 30.9 Å². The number of urea groups is 1. The highest BCUT2D eigenvalue weighted by molar-refractivity contribution is 5.89. The van der Waals surface area contributed by atoms with Crippen molar-refractivity contribution in [3.8, 4) is 5.75 Å². The Kier molecular flexibility index (Phi) is 5.15. The number of amides is 2. The molecule has 0 bridgehead atoms. The highest BCUT2D eigenvalue weighted by Gasteiger charge is 2.10. The Morgan fingerprint density at radius 3 is 3.12 bits per heavy atom. The number of methoxy groups -OCH3 is 1. The summed E-state index contributed by atoms with van der Waals surface area (Å²) in [4.78, 5) is 16.6. The Hall–Kier alpha value is -2.76. The van der Waals surface area contributed by atoms with E-state index in [9.17, 15) is 4.79 Å². The Morgan fingerprint density at radius 2 is 2.25 bits per heavy atom. The lowest BCUT2D eigenvalue weighted by Gasteiger charge is -2.17. The summed E-state index contributed by atoms with van der Waals surface area (Å²) in [7, 11) is 1.60. The minimum absolute atomic E-state index is 0.237. The van der Waals surface area contributed by atoms with Gasteiger partial charge in [0.2, 0.25) is 0 Å². The van der Waals surface area contributed by atoms with E-state index in [1.807, 2.05) is 24.3 Å². The molecule has 3 N–H and O–H groups in total. The fraction of sp³-hybridized carbons (Fsp3) is 0.333. The topological polar surface area (TPSA) is 75.3 Å². The average Bonchev–Trinajstić information content (AvgIpc) is 2.62. The number of rotatable bonds is 5. The Bertz CT molecular complexity index is 718. The number of hydrogen-bond acceptors (Lipinski definition) is 4. The number of anilines is 2. The molecule has 24 heavy (non-hydrogen) atoms. The van der Waals surface area contributed by atoms with Gasteiger partial charge in [0.05, 0.1) is 7.11 Å². The number of benzene rings is 1. The fourth-order valence-corrected chi connectivity index (χ4v) is 2.69. The quantitative estimate of drug-likeness (QED) is 0.790. The zero-order chi connectivity index (χ0) is 16.8. The van der Waals surface area contributed by atoms with Crippen molar-refractivity contribution in [2.24, 2.45) is 0 Å². The summed E-state index contributed by atoms with van der Waals surface area (Å²) in [6.45, 7) is 1.51. The first-order valence-electron chi connectivity index (χ1n) is 8.16. The van der Waals surface area contributed by atoms with E-state index in [0.29, 0.717) is 24.4 Å². The minimum Gasteiger partial charge on any atom is -0.497 e. The van der Waals surface area contributed by atoms with E-state index >= 15 is 0 Å². The molecule has 2 aromatic rings. The summed E-state index contributed by atoms with van der Waals surface area (Å²) < 4.78 is 5.13. The molecule has 0 atom stereocenters. The van der Waals surface area contributed by atoms with Gasteiger partial charge in [-0.25, -0.2) is 9.78 Å². The normalized spacial score (nSPS) is 12.7. The molecule has 126 valence electrons. The van der Waals surface area contributed by atoms with Gasteiger partial charge >= 0.3 is 6.03 Å². The molecule has 6 heteroatoms. The van der Waals surface area contributed by atoms with Crippen LogP contribution in [0.25, 0.3) is 0 Å². The predicted molar refractivity (Wildman–Crippen MR) is 94.8 cm³/mol. The number of carbonyl (C=O) groups excluding carboxylic acids is 1. The van der Waals surface area contributed by atoms with Crippen molar-refractivity contribution in [1.29, 1.82) is 0 Å². The van der Waals surface area contributed by atoms with E-state index in [2.05, 4.69) is 27.0 Å². The predicted octanol–water partition coefficient (Wildman–Crippen LogP) is 2.81. The summed E-state index contributed by atoms with van der Waals surface area (Å²) in [6, 6.07) is 11.2. The van der Waals surface area contributed by atoms with Crippen molar-refractivity contribution >= 4 is 17.5 Å². The monoisotopic (exact) mass is 326 g/mol. The van der Waals surface area contributed by atoms with Crippen LogP contribution in [-0.2, 0) is 12.8 Å². The van der Waals surface area contributed by atoms with E-state index < -0.39 is 0 Å². The fourth-order valence-electron chi connectivity index (χ4n) is 2.69. The molecule has 0 unspecified atom stereocenters. The molecule has 0 saturated heterocycles. The minimum atomic E-state index is -0.237. The van der Waals surface area contributed by atoms with Crippen LogP contribution in [0.2, 0.25) is 0 Å². The third-order valence-electron chi connectivity index (χ3n) is 3.95. The first-order chi connectivity index (χ1) is 11.7. The lowest BCUT2D eigenvalue weighted by molar-refractivity contribution is 0.252. The number of aromatic nitrogens is 1. The third kappa shape index (κ3) is 4.16. The Balaban J connectivity index is 1.48. The number of ether oxygens (including phenoxy) is 1. The number of nitrogens with zero attached hydrogens (tertiary/aromatic N) is 1. The van der Waals surface area contributed by atoms with E-state index in [4.69, 9.17) is 4.74 Å². The van der Waals surface area contributed by atoms with Gasteiger partial charge < -0.3 is 20.7 Å². The van der Waals surface area contributed by atoms with Gasteiger partial charge in [0.15, 0.2) is 0 Å². The van der Waals surface area contributed by atoms with Crippen LogP contribution in [0.1, 0.15) is 17.7 Å². The van der Waals surface area contributed by atoms with Gasteiger partial charge in [-0.2, -0.15) is 0 Å². The van der Waals surface area contributed by atoms with Gasteiger partial charge in [0.1, 0.15) is 11.6 Å². The van der Waals surface area contributed by atoms with Gasteiger partial charge in [-0.3, -0.25) is 0 Å². The zero-order valence-electron chi connectivity index (χ0n) is 13.8. The lowest BCUT2D eigenvalue weighted by Crippen LogP contribution is -2.30. The highest BCUT2D eigenvalue weighted by Crippen LogP contribution is 2.19. The molecule has 2 amide bonds. The smallest absolute Gasteiger partial charge is 0.319 e. The van der Waals surface area contributed by atoms with Crippen molar-refractivity contribution in [2.75, 3.05) is 30.8 Å². The lowest BCUT2D eigenvalue weighted by atomic mass is 10.1. The SMILES string of the molecule is COc1cccc(NC(=O)NCCc2ccc3c(n2)NCCC3)c1. The number of pyridine rings is 1. The molecule has 0 fully saturated rings. The van der Waals surface area contributed by atoms with Gasteiger partial charge in [-0.15, -0.1) is 0 Å². The van der Waals surface area contributed by atoms with Crippen molar-refractivity contribution < 1.29 is 9.53 Å². The summed E-state index contributed by atoms with van der Waals surface area (Å²) in [5.41, 5.74) is 2.95. The molecule has 0 aliphatic carbocycles. The van der Waals surface area contributed by atoms with Crippen LogP contribution in [0.5, 0.6) is 5.75 Å². The first kappa shape index (κ1) is 16.1. The Morgan fingerprint density at radius 1 is 1.33 bits per heavy atom. The van der Waals surface area contributed by atoms with Crippen LogP contribution in [0.4, 0.5) is 16.3 Å². The average molecular weight is 326 g/mol. The summed E-state index contributed by atoms with van der Waals surface area (Å²) in [5, 5.41) is 8.96. The van der Waals surface area contributed by atoms with Gasteiger partial charge in [-0.05, 0) is 36.6 Å². The molecule has 0 radical (unpaired) electrons. The maximum Gasteiger partial charge on any atom is 0.319 e. The van der Waals surface area contributed by atoms with E-state index in [1.165, 1.54) is 5.56 Å². The second-order valence-electron chi connectivity index (χ2n) is 5.70. The molecular weight excluding hydrogens is 304 g/mol. The molecule has 0 spiro atoms. The highest BCUT2D eigenvalue weighted by atomic mass is 16.5. The molecule has 2 heterocycles. The number of hydrogen-bond donors (Lipinski definition) is 3. The van der Waals surface area contributed by atoms with Crippen molar-refractivity contribution in [3.63, 3.8) is 0 Å². The Labute approximate surface area is 141 Å². The largest absolute Gasteiger partial charge is 0.497 e. The van der Waals surface area contributed by atoms with Crippen LogP contribution in [0.15, 0.2) is 36.4 Å². The summed E-state index contributed by atoms with van der Waals surface area (Å²) in [5.74, 6) is 1.69. The van der Waals surface area contributed by atoms with Crippen LogP contribution in [0.3, 0.4) is 0 Å². The number of nitrogens with one attached hydrogen (secondary N) is 3. The second kappa shape index (κ2) is 7.68. The van der Waals surface area contributed by atoms with Gasteiger partial charge in [0, 0.05) is 37.0 Å². The van der Waals surface area contributed by atoms with Crippen LogP contribution in [-0.4, -0.2) is 31.2 Å². The van der Waals surface area contributed by atoms with Crippen LogP contribution >= 0.6 is 0 Å². The summed E-state index contributed by atoms with van der Waals surface area (Å²) >= 11 is 0. The second-order valence-corrected chi connectivity index (χ2v) is 5.70. The molecule has 1 aromatic heterocycles. The molecular formula is C18H22N4O2. The first-order valence-corrected chi connectivity index (χ1v) is 8.16. The number of aryl methyl sites for hydroxylation is 1. The molecule has 0 saturated carbocycles. The van der Waals surface area contributed by atoms with Crippen molar-refractivity contribution in [2.45, 2.75) is 19.3 Å². The molecule has 6 nitrogen and oxygen atoms in total. The maximum absolute atomic E-state index is 11.9. The van der Waals surface area contributed by atoms with Crippen molar-refractivity contribution in [3.05, 3.63) is 47.7 Å². The van der Waals surface area contributed by atoms with Gasteiger partial charge in [0.25, 0.3) is 0 Å². The third-order valence-corrected chi connectivity index (χ3v) is 3.95. The van der Waals surface area contributed by atoms with Crippen LogP contribution < -0.4 is 20.7 Å². The molecule has 1 aliphatic heterocycles. The standard InChI is InChI=1S/C18H22N4O2/c1-24-16-6-2-5-15(12-16)22-18(23)20-11-9-14-8-7-13-4-3-10-19-17(13)21-14/h2,5-8,12H,3-4,9-11H2,1H3,(H,19,21)(H2,20,22,23). The number of carbonyl (C=O) groups is 1. The molecule has 1 aromatic carbocycles.